The summed E-state index contributed by atoms with van der Waals surface area (Å²) in [5.41, 5.74) is 7.31. The first-order chi connectivity index (χ1) is 15.0. The van der Waals surface area contributed by atoms with Crippen molar-refractivity contribution < 1.29 is 36.6 Å². The summed E-state index contributed by atoms with van der Waals surface area (Å²) in [4.78, 5) is 26.7. The Kier molecular flexibility index (Phi) is 8.10. The Hall–Kier alpha value is -3.70. The number of alkyl halides is 3. The van der Waals surface area contributed by atoms with Crippen LogP contribution in [0.4, 0.5) is 38.3 Å². The molecule has 1 aliphatic heterocycles. The number of anilines is 2. The largest absolute Gasteiger partial charge is 0.490 e. The Bertz CT molecular complexity index is 984. The number of benzene rings is 1. The number of hydrogen-bond donors (Lipinski definition) is 3. The van der Waals surface area contributed by atoms with Gasteiger partial charge in [0.25, 0.3) is 0 Å². The van der Waals surface area contributed by atoms with Crippen LogP contribution in [0.1, 0.15) is 18.4 Å². The van der Waals surface area contributed by atoms with Crippen LogP contribution in [0.25, 0.3) is 6.08 Å². The average Bonchev–Trinajstić information content (AvgIpc) is 2.72. The van der Waals surface area contributed by atoms with Crippen molar-refractivity contribution >= 4 is 29.6 Å². The number of nitrogens with two attached hydrogens (primary N) is 1. The van der Waals surface area contributed by atoms with Crippen molar-refractivity contribution in [1.29, 1.82) is 0 Å². The molecule has 0 bridgehead atoms. The number of nitrogen functional groups attached to an aromatic ring is 1. The molecule has 0 radical (unpaired) electrons. The van der Waals surface area contributed by atoms with E-state index in [4.69, 9.17) is 15.6 Å². The Labute approximate surface area is 179 Å². The Morgan fingerprint density at radius 1 is 1.12 bits per heavy atom. The number of rotatable bonds is 2. The summed E-state index contributed by atoms with van der Waals surface area (Å²) < 4.78 is 58.7. The van der Waals surface area contributed by atoms with Gasteiger partial charge in [0, 0.05) is 18.7 Å². The van der Waals surface area contributed by atoms with Crippen LogP contribution < -0.4 is 11.1 Å². The van der Waals surface area contributed by atoms with E-state index >= 15 is 0 Å². The number of carbonyl (C=O) groups excluding carboxylic acids is 1. The van der Waals surface area contributed by atoms with Crippen LogP contribution in [0.5, 0.6) is 0 Å². The Morgan fingerprint density at radius 3 is 2.28 bits per heavy atom. The first-order valence-electron chi connectivity index (χ1n) is 9.18. The number of aliphatic carboxylic acids is 1. The van der Waals surface area contributed by atoms with Gasteiger partial charge in [0.1, 0.15) is 17.5 Å². The number of nitrogens with one attached hydrogen (secondary N) is 1. The summed E-state index contributed by atoms with van der Waals surface area (Å²) >= 11 is 0. The minimum atomic E-state index is -5.08. The van der Waals surface area contributed by atoms with E-state index in [1.54, 1.807) is 23.1 Å². The van der Waals surface area contributed by atoms with Gasteiger partial charge in [-0.15, -0.1) is 0 Å². The molecule has 2 heterocycles. The lowest BCUT2D eigenvalue weighted by molar-refractivity contribution is -0.192. The number of urea groups is 1. The number of carboxylic acids is 1. The van der Waals surface area contributed by atoms with Crippen molar-refractivity contribution in [2.45, 2.75) is 19.0 Å². The molecule has 7 nitrogen and oxygen atoms in total. The molecular formula is C20H19F5N4O3. The molecule has 172 valence electrons. The normalized spacial score (nSPS) is 13.7. The topological polar surface area (TPSA) is 109 Å². The number of halogens is 5. The van der Waals surface area contributed by atoms with Gasteiger partial charge in [-0.1, -0.05) is 11.6 Å². The Morgan fingerprint density at radius 2 is 1.75 bits per heavy atom. The van der Waals surface area contributed by atoms with Gasteiger partial charge in [-0.3, -0.25) is 0 Å². The van der Waals surface area contributed by atoms with E-state index in [0.717, 1.165) is 17.7 Å². The molecule has 1 aliphatic rings. The highest BCUT2D eigenvalue weighted by Gasteiger charge is 2.38. The molecule has 2 amide bonds. The lowest BCUT2D eigenvalue weighted by atomic mass is 10.0. The van der Waals surface area contributed by atoms with E-state index in [9.17, 15) is 26.7 Å². The number of hydrogen-bond acceptors (Lipinski definition) is 4. The lowest BCUT2D eigenvalue weighted by Crippen LogP contribution is -2.39. The fourth-order valence-electron chi connectivity index (χ4n) is 2.67. The smallest absolute Gasteiger partial charge is 0.475 e. The highest BCUT2D eigenvalue weighted by molar-refractivity contribution is 5.89. The van der Waals surface area contributed by atoms with E-state index in [1.165, 1.54) is 12.3 Å². The number of amides is 2. The molecule has 0 saturated carbocycles. The average molecular weight is 458 g/mol. The molecule has 0 spiro atoms. The van der Waals surface area contributed by atoms with Crippen LogP contribution >= 0.6 is 0 Å². The molecular weight excluding hydrogens is 439 g/mol. The van der Waals surface area contributed by atoms with Crippen molar-refractivity contribution in [3.05, 3.63) is 59.3 Å². The third-order valence-electron chi connectivity index (χ3n) is 4.29. The van der Waals surface area contributed by atoms with Gasteiger partial charge in [-0.25, -0.2) is 23.4 Å². The van der Waals surface area contributed by atoms with Crippen LogP contribution in [0.2, 0.25) is 0 Å². The SMILES string of the molecule is Nc1ccc(NC(=O)N2CCC(=Cc3cc(F)ccc3F)CC2)cn1.O=C(O)C(F)(F)F. The predicted molar refractivity (Wildman–Crippen MR) is 107 cm³/mol. The molecule has 0 unspecified atom stereocenters. The van der Waals surface area contributed by atoms with Gasteiger partial charge in [-0.2, -0.15) is 13.2 Å². The quantitative estimate of drug-likeness (QED) is 0.582. The number of carboxylic acid groups (broad SMARTS) is 1. The van der Waals surface area contributed by atoms with E-state index in [1.807, 2.05) is 0 Å². The lowest BCUT2D eigenvalue weighted by Gasteiger charge is -2.28. The molecule has 1 aromatic heterocycles. The van der Waals surface area contributed by atoms with Gasteiger partial charge in [0.05, 0.1) is 11.9 Å². The van der Waals surface area contributed by atoms with Gasteiger partial charge in [-0.05, 0) is 43.2 Å². The van der Waals surface area contributed by atoms with Crippen molar-refractivity contribution in [3.8, 4) is 0 Å². The molecule has 32 heavy (non-hydrogen) atoms. The van der Waals surface area contributed by atoms with Crippen molar-refractivity contribution in [3.63, 3.8) is 0 Å². The van der Waals surface area contributed by atoms with Crippen molar-refractivity contribution in [1.82, 2.24) is 9.88 Å². The molecule has 3 rings (SSSR count). The van der Waals surface area contributed by atoms with E-state index < -0.39 is 23.8 Å². The zero-order valence-corrected chi connectivity index (χ0v) is 16.5. The van der Waals surface area contributed by atoms with Gasteiger partial charge < -0.3 is 21.1 Å². The number of likely N-dealkylation sites (tertiary alicyclic amines) is 1. The van der Waals surface area contributed by atoms with Crippen LogP contribution in [0, 0.1) is 11.6 Å². The maximum atomic E-state index is 13.7. The monoisotopic (exact) mass is 458 g/mol. The summed E-state index contributed by atoms with van der Waals surface area (Å²) in [6, 6.07) is 6.46. The van der Waals surface area contributed by atoms with Crippen LogP contribution in [-0.2, 0) is 4.79 Å². The number of nitrogens with zero attached hydrogens (tertiary/aromatic N) is 2. The second kappa shape index (κ2) is 10.6. The van der Waals surface area contributed by atoms with E-state index in [-0.39, 0.29) is 11.6 Å². The summed E-state index contributed by atoms with van der Waals surface area (Å²) in [6.45, 7) is 1.02. The number of carbonyl (C=O) groups is 2. The summed E-state index contributed by atoms with van der Waals surface area (Å²) in [5.74, 6) is -3.30. The van der Waals surface area contributed by atoms with Gasteiger partial charge >= 0.3 is 18.2 Å². The maximum absolute atomic E-state index is 13.7. The highest BCUT2D eigenvalue weighted by Crippen LogP contribution is 2.22. The van der Waals surface area contributed by atoms with E-state index in [2.05, 4.69) is 10.3 Å². The van der Waals surface area contributed by atoms with Gasteiger partial charge in [0.2, 0.25) is 0 Å². The summed E-state index contributed by atoms with van der Waals surface area (Å²) in [6.07, 6.45) is -0.695. The second-order valence-corrected chi connectivity index (χ2v) is 6.66. The number of aromatic nitrogens is 1. The second-order valence-electron chi connectivity index (χ2n) is 6.66. The van der Waals surface area contributed by atoms with Crippen LogP contribution in [-0.4, -0.2) is 46.3 Å². The molecule has 1 fully saturated rings. The van der Waals surface area contributed by atoms with Crippen molar-refractivity contribution in [2.75, 3.05) is 24.1 Å². The summed E-state index contributed by atoms with van der Waals surface area (Å²) in [7, 11) is 0. The fraction of sp³-hybridized carbons (Fsp3) is 0.250. The molecule has 0 aliphatic carbocycles. The summed E-state index contributed by atoms with van der Waals surface area (Å²) in [5, 5.41) is 9.88. The molecule has 1 aromatic carbocycles. The first kappa shape index (κ1) is 24.6. The zero-order chi connectivity index (χ0) is 23.9. The van der Waals surface area contributed by atoms with Crippen LogP contribution in [0.15, 0.2) is 42.1 Å². The first-order valence-corrected chi connectivity index (χ1v) is 9.18. The van der Waals surface area contributed by atoms with Gasteiger partial charge in [0.15, 0.2) is 0 Å². The molecule has 1 saturated heterocycles. The zero-order valence-electron chi connectivity index (χ0n) is 16.5. The highest BCUT2D eigenvalue weighted by atomic mass is 19.4. The molecule has 12 heteroatoms. The molecule has 4 N–H and O–H groups in total. The molecule has 0 atom stereocenters. The predicted octanol–water partition coefficient (Wildman–Crippen LogP) is 4.29. The van der Waals surface area contributed by atoms with E-state index in [0.29, 0.717) is 37.4 Å². The fourth-order valence-corrected chi connectivity index (χ4v) is 2.67. The maximum Gasteiger partial charge on any atom is 0.490 e. The van der Waals surface area contributed by atoms with Crippen molar-refractivity contribution in [2.24, 2.45) is 0 Å². The minimum Gasteiger partial charge on any atom is -0.475 e. The third-order valence-corrected chi connectivity index (χ3v) is 4.29. The standard InChI is InChI=1S/C18H18F2N4O.C2HF3O2/c19-14-1-3-16(20)13(10-14)9-12-5-7-24(8-6-12)18(25)23-15-2-4-17(21)22-11-15;3-2(4,5)1(6)7/h1-4,9-11H,5-8H2,(H2,21,22)(H,23,25);(H,6,7). The van der Waals surface area contributed by atoms with Crippen LogP contribution in [0.3, 0.4) is 0 Å². The number of pyridine rings is 1. The molecule has 2 aromatic rings. The minimum absolute atomic E-state index is 0.220. The number of piperidine rings is 1. The Balaban J connectivity index is 0.000000451. The third kappa shape index (κ3) is 7.52.